The summed E-state index contributed by atoms with van der Waals surface area (Å²) in [5.74, 6) is 0. The fourth-order valence-electron chi connectivity index (χ4n) is 0.933. The van der Waals surface area contributed by atoms with E-state index >= 15 is 0 Å². The zero-order chi connectivity index (χ0) is 11.7. The lowest BCUT2D eigenvalue weighted by Gasteiger charge is -2.10. The number of nitrogens with one attached hydrogen (secondary N) is 2. The van der Waals surface area contributed by atoms with E-state index in [1.807, 2.05) is 0 Å². The van der Waals surface area contributed by atoms with Crippen molar-refractivity contribution in [3.8, 4) is 0 Å². The number of methoxy groups -OCH3 is 1. The quantitative estimate of drug-likeness (QED) is 0.517. The minimum atomic E-state index is -2.91. The average molecular weight is 238 g/mol. The fourth-order valence-corrected chi connectivity index (χ4v) is 1.35. The van der Waals surface area contributed by atoms with Crippen LogP contribution < -0.4 is 10.6 Å². The van der Waals surface area contributed by atoms with E-state index in [1.165, 1.54) is 6.26 Å². The van der Waals surface area contributed by atoms with Crippen LogP contribution in [-0.4, -0.2) is 59.8 Å². The number of hydrogen-bond acceptors (Lipinski definition) is 5. The van der Waals surface area contributed by atoms with Crippen LogP contribution in [0.3, 0.4) is 0 Å². The van der Waals surface area contributed by atoms with Gasteiger partial charge in [-0.2, -0.15) is 0 Å². The van der Waals surface area contributed by atoms with Crippen molar-refractivity contribution in [3.63, 3.8) is 0 Å². The topological polar surface area (TPSA) is 67.4 Å². The highest BCUT2D eigenvalue weighted by molar-refractivity contribution is 7.91. The molecule has 0 aromatic heterocycles. The van der Waals surface area contributed by atoms with Crippen molar-refractivity contribution in [1.29, 1.82) is 0 Å². The van der Waals surface area contributed by atoms with Crippen LogP contribution in [0.25, 0.3) is 0 Å². The summed E-state index contributed by atoms with van der Waals surface area (Å²) in [4.78, 5) is 0. The molecule has 0 heterocycles. The molecule has 0 aliphatic rings. The zero-order valence-electron chi connectivity index (χ0n) is 9.75. The minimum Gasteiger partial charge on any atom is -0.383 e. The third-order valence-electron chi connectivity index (χ3n) is 2.12. The SMILES string of the molecule is COCCNCCNCC(C)S(C)(=O)=O. The Kier molecular flexibility index (Phi) is 7.95. The van der Waals surface area contributed by atoms with Gasteiger partial charge in [-0.05, 0) is 6.92 Å². The van der Waals surface area contributed by atoms with E-state index in [-0.39, 0.29) is 5.25 Å². The number of sulfone groups is 1. The summed E-state index contributed by atoms with van der Waals surface area (Å²) in [6.07, 6.45) is 1.26. The number of ether oxygens (including phenoxy) is 1. The Morgan fingerprint density at radius 3 is 2.33 bits per heavy atom. The second-order valence-electron chi connectivity index (χ2n) is 3.59. The Bertz CT molecular complexity index is 242. The van der Waals surface area contributed by atoms with E-state index in [2.05, 4.69) is 10.6 Å². The lowest BCUT2D eigenvalue weighted by molar-refractivity contribution is 0.199. The first-order valence-corrected chi connectivity index (χ1v) is 7.03. The van der Waals surface area contributed by atoms with Gasteiger partial charge < -0.3 is 15.4 Å². The van der Waals surface area contributed by atoms with Crippen LogP contribution >= 0.6 is 0 Å². The second-order valence-corrected chi connectivity index (χ2v) is 6.05. The van der Waals surface area contributed by atoms with Crippen LogP contribution in [0, 0.1) is 0 Å². The van der Waals surface area contributed by atoms with E-state index in [4.69, 9.17) is 4.74 Å². The molecule has 0 saturated carbocycles. The molecule has 0 spiro atoms. The smallest absolute Gasteiger partial charge is 0.151 e. The van der Waals surface area contributed by atoms with Gasteiger partial charge in [0.05, 0.1) is 11.9 Å². The highest BCUT2D eigenvalue weighted by Crippen LogP contribution is 1.94. The van der Waals surface area contributed by atoms with Crippen molar-refractivity contribution < 1.29 is 13.2 Å². The predicted octanol–water partition coefficient (Wildman–Crippen LogP) is -0.755. The average Bonchev–Trinajstić information content (AvgIpc) is 2.14. The van der Waals surface area contributed by atoms with Crippen molar-refractivity contribution in [3.05, 3.63) is 0 Å². The molecule has 92 valence electrons. The van der Waals surface area contributed by atoms with E-state index in [0.29, 0.717) is 13.2 Å². The summed E-state index contributed by atoms with van der Waals surface area (Å²) in [5, 5.41) is 5.93. The molecule has 0 fully saturated rings. The minimum absolute atomic E-state index is 0.323. The molecule has 0 aliphatic heterocycles. The van der Waals surface area contributed by atoms with Crippen LogP contribution in [0.5, 0.6) is 0 Å². The molecule has 0 radical (unpaired) electrons. The van der Waals surface area contributed by atoms with Gasteiger partial charge in [-0.25, -0.2) is 8.42 Å². The van der Waals surface area contributed by atoms with Crippen LogP contribution in [0.2, 0.25) is 0 Å². The van der Waals surface area contributed by atoms with Crippen LogP contribution in [0.15, 0.2) is 0 Å². The maximum Gasteiger partial charge on any atom is 0.151 e. The second kappa shape index (κ2) is 8.04. The Hall–Kier alpha value is -0.170. The third kappa shape index (κ3) is 8.80. The van der Waals surface area contributed by atoms with Gasteiger partial charge >= 0.3 is 0 Å². The first kappa shape index (κ1) is 14.8. The predicted molar refractivity (Wildman–Crippen MR) is 61.9 cm³/mol. The third-order valence-corrected chi connectivity index (χ3v) is 3.75. The van der Waals surface area contributed by atoms with E-state index in [0.717, 1.165) is 19.6 Å². The molecular weight excluding hydrogens is 216 g/mol. The zero-order valence-corrected chi connectivity index (χ0v) is 10.6. The van der Waals surface area contributed by atoms with Gasteiger partial charge in [0.15, 0.2) is 9.84 Å². The highest BCUT2D eigenvalue weighted by Gasteiger charge is 2.13. The molecular formula is C9H22N2O3S. The summed E-state index contributed by atoms with van der Waals surface area (Å²) in [7, 11) is -1.25. The standard InChI is InChI=1S/C9H22N2O3S/c1-9(15(3,12)13)8-11-5-4-10-6-7-14-2/h9-11H,4-8H2,1-3H3. The van der Waals surface area contributed by atoms with Gasteiger partial charge in [-0.3, -0.25) is 0 Å². The van der Waals surface area contributed by atoms with Crippen molar-refractivity contribution in [2.45, 2.75) is 12.2 Å². The normalized spacial score (nSPS) is 14.1. The maximum atomic E-state index is 11.1. The van der Waals surface area contributed by atoms with Crippen molar-refractivity contribution in [2.75, 3.05) is 46.2 Å². The number of hydrogen-bond donors (Lipinski definition) is 2. The van der Waals surface area contributed by atoms with Gasteiger partial charge in [0.25, 0.3) is 0 Å². The van der Waals surface area contributed by atoms with Crippen LogP contribution in [-0.2, 0) is 14.6 Å². The van der Waals surface area contributed by atoms with Crippen LogP contribution in [0.4, 0.5) is 0 Å². The van der Waals surface area contributed by atoms with Gasteiger partial charge in [-0.15, -0.1) is 0 Å². The molecule has 0 rings (SSSR count). The molecule has 5 nitrogen and oxygen atoms in total. The van der Waals surface area contributed by atoms with E-state index in [1.54, 1.807) is 14.0 Å². The monoisotopic (exact) mass is 238 g/mol. The van der Waals surface area contributed by atoms with Gasteiger partial charge in [0, 0.05) is 39.5 Å². The Balaban J connectivity index is 3.32. The first-order chi connectivity index (χ1) is 6.98. The molecule has 0 aromatic carbocycles. The molecule has 0 bridgehead atoms. The molecule has 6 heteroatoms. The molecule has 0 amide bonds. The van der Waals surface area contributed by atoms with Gasteiger partial charge in [-0.1, -0.05) is 0 Å². The highest BCUT2D eigenvalue weighted by atomic mass is 32.2. The first-order valence-electron chi connectivity index (χ1n) is 5.07. The summed E-state index contributed by atoms with van der Waals surface area (Å²) in [5.41, 5.74) is 0. The summed E-state index contributed by atoms with van der Waals surface area (Å²) in [6.45, 7) is 5.31. The maximum absolute atomic E-state index is 11.1. The summed E-state index contributed by atoms with van der Waals surface area (Å²) in [6, 6.07) is 0. The molecule has 15 heavy (non-hydrogen) atoms. The van der Waals surface area contributed by atoms with Crippen molar-refractivity contribution in [2.24, 2.45) is 0 Å². The van der Waals surface area contributed by atoms with Gasteiger partial charge in [0.1, 0.15) is 0 Å². The molecule has 2 N–H and O–H groups in total. The van der Waals surface area contributed by atoms with Crippen molar-refractivity contribution in [1.82, 2.24) is 10.6 Å². The van der Waals surface area contributed by atoms with E-state index < -0.39 is 9.84 Å². The summed E-state index contributed by atoms with van der Waals surface area (Å²) < 4.78 is 27.0. The Morgan fingerprint density at radius 1 is 1.20 bits per heavy atom. The van der Waals surface area contributed by atoms with Gasteiger partial charge in [0.2, 0.25) is 0 Å². The van der Waals surface area contributed by atoms with Crippen molar-refractivity contribution >= 4 is 9.84 Å². The lowest BCUT2D eigenvalue weighted by Crippen LogP contribution is -2.35. The largest absolute Gasteiger partial charge is 0.383 e. The Labute approximate surface area is 92.5 Å². The number of rotatable bonds is 9. The fraction of sp³-hybridized carbons (Fsp3) is 1.00. The molecule has 1 atom stereocenters. The van der Waals surface area contributed by atoms with E-state index in [9.17, 15) is 8.42 Å². The van der Waals surface area contributed by atoms with Crippen LogP contribution in [0.1, 0.15) is 6.92 Å². The molecule has 0 saturated heterocycles. The Morgan fingerprint density at radius 2 is 1.80 bits per heavy atom. The molecule has 1 unspecified atom stereocenters. The molecule has 0 aliphatic carbocycles. The lowest BCUT2D eigenvalue weighted by atomic mass is 10.4. The molecule has 0 aromatic rings. The summed E-state index contributed by atoms with van der Waals surface area (Å²) >= 11 is 0.